The number of benzene rings is 5. The van der Waals surface area contributed by atoms with Gasteiger partial charge in [-0.3, -0.25) is 4.98 Å². The van der Waals surface area contributed by atoms with Gasteiger partial charge in [0.05, 0.1) is 5.69 Å². The van der Waals surface area contributed by atoms with Crippen LogP contribution in [0.3, 0.4) is 0 Å². The van der Waals surface area contributed by atoms with Crippen molar-refractivity contribution in [2.75, 3.05) is 0 Å². The average Bonchev–Trinajstić information content (AvgIpc) is 3.37. The lowest BCUT2D eigenvalue weighted by Crippen LogP contribution is -1.90. The fourth-order valence-electron chi connectivity index (χ4n) is 5.30. The normalized spacial score (nSPS) is 11.5. The smallest absolute Gasteiger partial charge is 0.136 e. The first kappa shape index (κ1) is 21.5. The Morgan fingerprint density at radius 1 is 0.595 bits per heavy atom. The molecule has 0 bridgehead atoms. The molecule has 0 atom stereocenters. The summed E-state index contributed by atoms with van der Waals surface area (Å²) < 4.78 is 21.1. The molecule has 0 N–H and O–H groups in total. The summed E-state index contributed by atoms with van der Waals surface area (Å²) in [6.45, 7) is 1.92. The molecule has 37 heavy (non-hydrogen) atoms. The molecule has 0 saturated carbocycles. The van der Waals surface area contributed by atoms with Crippen LogP contribution in [0.15, 0.2) is 120 Å². The summed E-state index contributed by atoms with van der Waals surface area (Å²) in [4.78, 5) is 4.80. The summed E-state index contributed by atoms with van der Waals surface area (Å²) in [5, 5.41) is 4.53. The number of aryl methyl sites for hydroxylation is 1. The Bertz CT molecular complexity index is 1940. The molecule has 2 heterocycles. The minimum absolute atomic E-state index is 0.202. The maximum absolute atomic E-state index is 14.7. The zero-order valence-corrected chi connectivity index (χ0v) is 20.2. The first-order chi connectivity index (χ1) is 18.2. The molecule has 0 saturated heterocycles. The summed E-state index contributed by atoms with van der Waals surface area (Å²) in [6.07, 6.45) is 1.81. The number of nitrogens with zero attached hydrogens (tertiary/aromatic N) is 1. The molecule has 5 aromatic carbocycles. The van der Waals surface area contributed by atoms with E-state index >= 15 is 0 Å². The van der Waals surface area contributed by atoms with Crippen molar-refractivity contribution in [2.24, 2.45) is 0 Å². The second-order valence-corrected chi connectivity index (χ2v) is 9.44. The summed E-state index contributed by atoms with van der Waals surface area (Å²) in [5.41, 5.74) is 6.73. The second kappa shape index (κ2) is 8.42. The standard InChI is InChI=1S/C34H22FNO/c1-21-16-29-25-14-15-36-34(27(25)13-12-26(29)31(35)17-21)24-18-28(22-8-4-2-5-9-22)30-20-32(37-33(30)19-24)23-10-6-3-7-11-23/h2-20H,1H3. The molecule has 0 amide bonds. The molecule has 0 fully saturated rings. The molecule has 0 radical (unpaired) electrons. The van der Waals surface area contributed by atoms with Crippen LogP contribution < -0.4 is 0 Å². The van der Waals surface area contributed by atoms with Crippen LogP contribution in [0.1, 0.15) is 5.56 Å². The molecule has 0 unspecified atom stereocenters. The molecule has 2 aromatic heterocycles. The Morgan fingerprint density at radius 3 is 2.11 bits per heavy atom. The SMILES string of the molecule is Cc1cc(F)c2ccc3c(-c4cc(-c5ccccc5)c5cc(-c6ccccc6)oc5c4)nccc3c2c1. The predicted molar refractivity (Wildman–Crippen MR) is 150 cm³/mol. The van der Waals surface area contributed by atoms with Gasteiger partial charge in [0.2, 0.25) is 0 Å². The topological polar surface area (TPSA) is 26.0 Å². The maximum atomic E-state index is 14.7. The number of hydrogen-bond acceptors (Lipinski definition) is 2. The highest BCUT2D eigenvalue weighted by Crippen LogP contribution is 2.40. The molecule has 0 spiro atoms. The van der Waals surface area contributed by atoms with Crippen LogP contribution in [0.4, 0.5) is 4.39 Å². The van der Waals surface area contributed by atoms with Crippen LogP contribution in [-0.4, -0.2) is 4.98 Å². The maximum Gasteiger partial charge on any atom is 0.136 e. The highest BCUT2D eigenvalue weighted by atomic mass is 19.1. The van der Waals surface area contributed by atoms with Gasteiger partial charge >= 0.3 is 0 Å². The number of hydrogen-bond donors (Lipinski definition) is 0. The van der Waals surface area contributed by atoms with Crippen LogP contribution >= 0.6 is 0 Å². The Hall–Kier alpha value is -4.76. The fourth-order valence-corrected chi connectivity index (χ4v) is 5.30. The van der Waals surface area contributed by atoms with Crippen molar-refractivity contribution in [3.8, 4) is 33.7 Å². The van der Waals surface area contributed by atoms with E-state index in [4.69, 9.17) is 9.40 Å². The largest absolute Gasteiger partial charge is 0.456 e. The van der Waals surface area contributed by atoms with Crippen molar-refractivity contribution in [3.05, 3.63) is 127 Å². The van der Waals surface area contributed by atoms with E-state index in [0.29, 0.717) is 5.39 Å². The van der Waals surface area contributed by atoms with Gasteiger partial charge in [-0.25, -0.2) is 4.39 Å². The minimum Gasteiger partial charge on any atom is -0.456 e. The fraction of sp³-hybridized carbons (Fsp3) is 0.0294. The zero-order valence-electron chi connectivity index (χ0n) is 20.2. The highest BCUT2D eigenvalue weighted by Gasteiger charge is 2.17. The van der Waals surface area contributed by atoms with E-state index in [1.54, 1.807) is 12.3 Å². The third-order valence-electron chi connectivity index (χ3n) is 7.02. The second-order valence-electron chi connectivity index (χ2n) is 9.44. The number of halogens is 1. The average molecular weight is 480 g/mol. The molecule has 7 aromatic rings. The van der Waals surface area contributed by atoms with Crippen LogP contribution in [0.25, 0.3) is 66.2 Å². The third-order valence-corrected chi connectivity index (χ3v) is 7.02. The number of rotatable bonds is 3. The molecule has 7 rings (SSSR count). The van der Waals surface area contributed by atoms with Gasteiger partial charge < -0.3 is 4.42 Å². The number of pyridine rings is 1. The van der Waals surface area contributed by atoms with Crippen molar-refractivity contribution in [1.29, 1.82) is 0 Å². The van der Waals surface area contributed by atoms with Gasteiger partial charge in [0, 0.05) is 33.5 Å². The van der Waals surface area contributed by atoms with E-state index in [1.165, 1.54) is 0 Å². The van der Waals surface area contributed by atoms with E-state index in [9.17, 15) is 4.39 Å². The lowest BCUT2D eigenvalue weighted by Gasteiger charge is -2.12. The van der Waals surface area contributed by atoms with Gasteiger partial charge in [-0.2, -0.15) is 0 Å². The van der Waals surface area contributed by atoms with E-state index in [2.05, 4.69) is 42.5 Å². The van der Waals surface area contributed by atoms with E-state index in [1.807, 2.05) is 67.6 Å². The number of furan rings is 1. The zero-order chi connectivity index (χ0) is 24.9. The van der Waals surface area contributed by atoms with E-state index in [-0.39, 0.29) is 5.82 Å². The molecule has 0 aliphatic rings. The van der Waals surface area contributed by atoms with Crippen molar-refractivity contribution >= 4 is 32.5 Å². The van der Waals surface area contributed by atoms with Crippen LogP contribution in [0.2, 0.25) is 0 Å². The Morgan fingerprint density at radius 2 is 1.32 bits per heavy atom. The first-order valence-electron chi connectivity index (χ1n) is 12.3. The molecular formula is C34H22FNO. The van der Waals surface area contributed by atoms with Gasteiger partial charge in [-0.1, -0.05) is 78.9 Å². The van der Waals surface area contributed by atoms with Gasteiger partial charge in [0.15, 0.2) is 0 Å². The minimum atomic E-state index is -0.202. The Labute approximate surface area is 213 Å². The monoisotopic (exact) mass is 479 g/mol. The summed E-state index contributed by atoms with van der Waals surface area (Å²) in [6, 6.07) is 36.3. The van der Waals surface area contributed by atoms with Crippen LogP contribution in [0.5, 0.6) is 0 Å². The lowest BCUT2D eigenvalue weighted by atomic mass is 9.94. The molecule has 0 aliphatic heterocycles. The highest BCUT2D eigenvalue weighted by molar-refractivity contribution is 6.12. The van der Waals surface area contributed by atoms with Gasteiger partial charge in [-0.05, 0) is 64.7 Å². The van der Waals surface area contributed by atoms with E-state index < -0.39 is 0 Å². The Balaban J connectivity index is 1.52. The van der Waals surface area contributed by atoms with Crippen molar-refractivity contribution in [1.82, 2.24) is 4.98 Å². The molecular weight excluding hydrogens is 457 g/mol. The van der Waals surface area contributed by atoms with Gasteiger partial charge in [0.25, 0.3) is 0 Å². The first-order valence-corrected chi connectivity index (χ1v) is 12.3. The van der Waals surface area contributed by atoms with Crippen LogP contribution in [0, 0.1) is 12.7 Å². The molecule has 3 heteroatoms. The summed E-state index contributed by atoms with van der Waals surface area (Å²) in [5.74, 6) is 0.625. The summed E-state index contributed by atoms with van der Waals surface area (Å²) >= 11 is 0. The Kier molecular flexibility index (Phi) is 4.90. The van der Waals surface area contributed by atoms with Crippen molar-refractivity contribution in [2.45, 2.75) is 6.92 Å². The molecule has 0 aliphatic carbocycles. The molecule has 176 valence electrons. The van der Waals surface area contributed by atoms with Gasteiger partial charge in [0.1, 0.15) is 17.2 Å². The number of fused-ring (bicyclic) bond motifs is 4. The van der Waals surface area contributed by atoms with Gasteiger partial charge in [-0.15, -0.1) is 0 Å². The van der Waals surface area contributed by atoms with Crippen molar-refractivity contribution < 1.29 is 8.81 Å². The van der Waals surface area contributed by atoms with Crippen molar-refractivity contribution in [3.63, 3.8) is 0 Å². The quantitative estimate of drug-likeness (QED) is 0.236. The summed E-state index contributed by atoms with van der Waals surface area (Å²) in [7, 11) is 0. The van der Waals surface area contributed by atoms with Crippen LogP contribution in [-0.2, 0) is 0 Å². The van der Waals surface area contributed by atoms with E-state index in [0.717, 1.165) is 66.4 Å². The molecule has 2 nitrogen and oxygen atoms in total. The third kappa shape index (κ3) is 3.59. The predicted octanol–water partition coefficient (Wildman–Crippen LogP) is 9.58. The number of aromatic nitrogens is 1. The lowest BCUT2D eigenvalue weighted by molar-refractivity contribution is 0.632.